The summed E-state index contributed by atoms with van der Waals surface area (Å²) in [6.45, 7) is 3.55. The minimum absolute atomic E-state index is 0.208. The summed E-state index contributed by atoms with van der Waals surface area (Å²) in [7, 11) is 0. The lowest BCUT2D eigenvalue weighted by Gasteiger charge is -2.31. The standard InChI is InChI=1S/C16H17BrFNO/c1-11-5-3-4-6-15(11)19-16(2,10-20)13-8-7-12(17)9-14(13)18/h3-9,19-20H,10H2,1-2H3. The minimum Gasteiger partial charge on any atom is -0.394 e. The third kappa shape index (κ3) is 3.02. The van der Waals surface area contributed by atoms with Gasteiger partial charge in [-0.15, -0.1) is 0 Å². The zero-order valence-electron chi connectivity index (χ0n) is 11.5. The summed E-state index contributed by atoms with van der Waals surface area (Å²) >= 11 is 3.24. The van der Waals surface area contributed by atoms with Crippen LogP contribution in [-0.2, 0) is 5.54 Å². The molecular formula is C16H17BrFNO. The fourth-order valence-corrected chi connectivity index (χ4v) is 2.47. The molecule has 2 N–H and O–H groups in total. The van der Waals surface area contributed by atoms with E-state index in [-0.39, 0.29) is 12.4 Å². The van der Waals surface area contributed by atoms with Gasteiger partial charge in [-0.1, -0.05) is 40.2 Å². The van der Waals surface area contributed by atoms with Gasteiger partial charge in [0.25, 0.3) is 0 Å². The number of para-hydroxylation sites is 1. The Kier molecular flexibility index (Phi) is 4.45. The Morgan fingerprint density at radius 3 is 2.55 bits per heavy atom. The van der Waals surface area contributed by atoms with Crippen molar-refractivity contribution in [3.8, 4) is 0 Å². The number of nitrogens with one attached hydrogen (secondary N) is 1. The van der Waals surface area contributed by atoms with Crippen LogP contribution in [0.3, 0.4) is 0 Å². The summed E-state index contributed by atoms with van der Waals surface area (Å²) in [4.78, 5) is 0. The third-order valence-corrected chi connectivity index (χ3v) is 3.89. The number of aryl methyl sites for hydroxylation is 1. The number of halogens is 2. The molecule has 0 spiro atoms. The van der Waals surface area contributed by atoms with Crippen LogP contribution in [0.5, 0.6) is 0 Å². The lowest BCUT2D eigenvalue weighted by atomic mass is 9.91. The summed E-state index contributed by atoms with van der Waals surface area (Å²) in [6.07, 6.45) is 0. The Hall–Kier alpha value is -1.39. The Morgan fingerprint density at radius 1 is 1.25 bits per heavy atom. The maximum absolute atomic E-state index is 14.2. The van der Waals surface area contributed by atoms with Crippen LogP contribution in [-0.4, -0.2) is 11.7 Å². The summed E-state index contributed by atoms with van der Waals surface area (Å²) in [5.74, 6) is -0.350. The number of benzene rings is 2. The van der Waals surface area contributed by atoms with Crippen LogP contribution in [0.1, 0.15) is 18.1 Å². The molecule has 0 saturated heterocycles. The maximum Gasteiger partial charge on any atom is 0.129 e. The van der Waals surface area contributed by atoms with Crippen LogP contribution in [0.25, 0.3) is 0 Å². The van der Waals surface area contributed by atoms with Gasteiger partial charge in [0, 0.05) is 15.7 Å². The molecule has 0 heterocycles. The second-order valence-corrected chi connectivity index (χ2v) is 5.97. The van der Waals surface area contributed by atoms with Crippen molar-refractivity contribution in [2.45, 2.75) is 19.4 Å². The van der Waals surface area contributed by atoms with Gasteiger partial charge < -0.3 is 10.4 Å². The average Bonchev–Trinajstić information content (AvgIpc) is 2.41. The van der Waals surface area contributed by atoms with E-state index in [4.69, 9.17) is 0 Å². The first-order valence-corrected chi connectivity index (χ1v) is 7.16. The Balaban J connectivity index is 2.41. The SMILES string of the molecule is Cc1ccccc1NC(C)(CO)c1ccc(Br)cc1F. The van der Waals surface area contributed by atoms with Crippen molar-refractivity contribution >= 4 is 21.6 Å². The Morgan fingerprint density at radius 2 is 1.95 bits per heavy atom. The van der Waals surface area contributed by atoms with E-state index in [0.29, 0.717) is 10.0 Å². The Labute approximate surface area is 126 Å². The highest BCUT2D eigenvalue weighted by Crippen LogP contribution is 2.30. The molecule has 2 aromatic rings. The van der Waals surface area contributed by atoms with Crippen molar-refractivity contribution in [1.82, 2.24) is 0 Å². The van der Waals surface area contributed by atoms with Crippen molar-refractivity contribution in [1.29, 1.82) is 0 Å². The van der Waals surface area contributed by atoms with Gasteiger partial charge in [-0.05, 0) is 37.6 Å². The Bertz CT molecular complexity index is 617. The van der Waals surface area contributed by atoms with Crippen LogP contribution in [0.2, 0.25) is 0 Å². The van der Waals surface area contributed by atoms with Gasteiger partial charge in [-0.2, -0.15) is 0 Å². The van der Waals surface area contributed by atoms with Gasteiger partial charge in [0.05, 0.1) is 12.1 Å². The molecule has 2 aromatic carbocycles. The van der Waals surface area contributed by atoms with Gasteiger partial charge in [0.2, 0.25) is 0 Å². The second-order valence-electron chi connectivity index (χ2n) is 5.05. The molecule has 20 heavy (non-hydrogen) atoms. The summed E-state index contributed by atoms with van der Waals surface area (Å²) < 4.78 is 14.8. The van der Waals surface area contributed by atoms with E-state index in [2.05, 4.69) is 21.2 Å². The molecule has 1 unspecified atom stereocenters. The average molecular weight is 338 g/mol. The van der Waals surface area contributed by atoms with Crippen LogP contribution in [0.15, 0.2) is 46.9 Å². The van der Waals surface area contributed by atoms with Crippen molar-refractivity contribution < 1.29 is 9.50 Å². The predicted octanol–water partition coefficient (Wildman–Crippen LogP) is 4.22. The fourth-order valence-electron chi connectivity index (χ4n) is 2.14. The van der Waals surface area contributed by atoms with Crippen molar-refractivity contribution in [2.24, 2.45) is 0 Å². The molecule has 0 aromatic heterocycles. The molecule has 0 aliphatic heterocycles. The topological polar surface area (TPSA) is 32.3 Å². The zero-order chi connectivity index (χ0) is 14.8. The molecule has 2 nitrogen and oxygen atoms in total. The quantitative estimate of drug-likeness (QED) is 0.875. The van der Waals surface area contributed by atoms with E-state index in [0.717, 1.165) is 11.3 Å². The number of hydrogen-bond acceptors (Lipinski definition) is 2. The minimum atomic E-state index is -0.878. The second kappa shape index (κ2) is 5.94. The molecule has 0 radical (unpaired) electrons. The van der Waals surface area contributed by atoms with E-state index >= 15 is 0 Å². The van der Waals surface area contributed by atoms with E-state index in [1.54, 1.807) is 19.1 Å². The van der Waals surface area contributed by atoms with Crippen molar-refractivity contribution in [3.05, 3.63) is 63.9 Å². The highest BCUT2D eigenvalue weighted by Gasteiger charge is 2.29. The fraction of sp³-hybridized carbons (Fsp3) is 0.250. The molecular weight excluding hydrogens is 321 g/mol. The highest BCUT2D eigenvalue weighted by molar-refractivity contribution is 9.10. The first-order valence-electron chi connectivity index (χ1n) is 6.36. The van der Waals surface area contributed by atoms with Gasteiger partial charge in [-0.3, -0.25) is 0 Å². The zero-order valence-corrected chi connectivity index (χ0v) is 13.0. The van der Waals surface area contributed by atoms with Crippen LogP contribution < -0.4 is 5.32 Å². The van der Waals surface area contributed by atoms with Gasteiger partial charge in [0.1, 0.15) is 5.82 Å². The van der Waals surface area contributed by atoms with Crippen LogP contribution >= 0.6 is 15.9 Å². The molecule has 0 amide bonds. The van der Waals surface area contributed by atoms with E-state index in [1.165, 1.54) is 6.07 Å². The highest BCUT2D eigenvalue weighted by atomic mass is 79.9. The number of hydrogen-bond donors (Lipinski definition) is 2. The lowest BCUT2D eigenvalue weighted by molar-refractivity contribution is 0.220. The van der Waals surface area contributed by atoms with E-state index in [9.17, 15) is 9.50 Å². The number of aliphatic hydroxyl groups is 1. The molecule has 1 atom stereocenters. The van der Waals surface area contributed by atoms with E-state index < -0.39 is 5.54 Å². The predicted molar refractivity (Wildman–Crippen MR) is 83.3 cm³/mol. The first kappa shape index (κ1) is 15.0. The van der Waals surface area contributed by atoms with Crippen molar-refractivity contribution in [3.63, 3.8) is 0 Å². The number of anilines is 1. The lowest BCUT2D eigenvalue weighted by Crippen LogP contribution is -2.37. The maximum atomic E-state index is 14.2. The molecule has 4 heteroatoms. The monoisotopic (exact) mass is 337 g/mol. The normalized spacial score (nSPS) is 13.8. The van der Waals surface area contributed by atoms with Gasteiger partial charge >= 0.3 is 0 Å². The summed E-state index contributed by atoms with van der Waals surface area (Å²) in [5, 5.41) is 13.0. The molecule has 2 rings (SSSR count). The molecule has 0 saturated carbocycles. The molecule has 0 fully saturated rings. The molecule has 106 valence electrons. The summed E-state index contributed by atoms with van der Waals surface area (Å²) in [5.41, 5.74) is 1.49. The summed E-state index contributed by atoms with van der Waals surface area (Å²) in [6, 6.07) is 12.6. The molecule has 0 bridgehead atoms. The first-order chi connectivity index (χ1) is 9.46. The number of aliphatic hydroxyl groups excluding tert-OH is 1. The molecule has 0 aliphatic carbocycles. The third-order valence-electron chi connectivity index (χ3n) is 3.40. The smallest absolute Gasteiger partial charge is 0.129 e. The van der Waals surface area contributed by atoms with Crippen molar-refractivity contribution in [2.75, 3.05) is 11.9 Å². The largest absolute Gasteiger partial charge is 0.394 e. The van der Waals surface area contributed by atoms with E-state index in [1.807, 2.05) is 31.2 Å². The van der Waals surface area contributed by atoms with Crippen LogP contribution in [0, 0.1) is 12.7 Å². The van der Waals surface area contributed by atoms with Crippen LogP contribution in [0.4, 0.5) is 10.1 Å². The van der Waals surface area contributed by atoms with Gasteiger partial charge in [0.15, 0.2) is 0 Å². The van der Waals surface area contributed by atoms with Gasteiger partial charge in [-0.25, -0.2) is 4.39 Å². The molecule has 0 aliphatic rings. The number of rotatable bonds is 4.